The Balaban J connectivity index is 1.62. The van der Waals surface area contributed by atoms with Crippen molar-refractivity contribution in [1.29, 1.82) is 0 Å². The third-order valence-corrected chi connectivity index (χ3v) is 4.21. The Kier molecular flexibility index (Phi) is 5.82. The Hall–Kier alpha value is -2.63. The van der Waals surface area contributed by atoms with E-state index in [1.807, 2.05) is 31.2 Å². The molecule has 1 aromatic heterocycles. The number of ether oxygens (including phenoxy) is 1. The number of amides is 1. The Morgan fingerprint density at radius 1 is 1.08 bits per heavy atom. The largest absolute Gasteiger partial charge is 0.494 e. The van der Waals surface area contributed by atoms with Gasteiger partial charge in [0, 0.05) is 31.2 Å². The molecule has 1 aromatic carbocycles. The molecule has 132 valence electrons. The molecule has 1 amide bonds. The maximum absolute atomic E-state index is 12.3. The number of carbonyl (C=O) groups excluding carboxylic acids is 1. The molecule has 1 aliphatic rings. The monoisotopic (exact) mass is 340 g/mol. The molecule has 1 saturated heterocycles. The fraction of sp³-hybridized carbons (Fsp3) is 0.421. The van der Waals surface area contributed by atoms with Crippen LogP contribution in [-0.2, 0) is 0 Å². The van der Waals surface area contributed by atoms with E-state index >= 15 is 0 Å². The van der Waals surface area contributed by atoms with Gasteiger partial charge in [0.1, 0.15) is 5.75 Å². The third kappa shape index (κ3) is 4.68. The van der Waals surface area contributed by atoms with Gasteiger partial charge in [0.15, 0.2) is 0 Å². The van der Waals surface area contributed by atoms with Gasteiger partial charge in [-0.2, -0.15) is 0 Å². The van der Waals surface area contributed by atoms with E-state index in [2.05, 4.69) is 20.2 Å². The predicted molar refractivity (Wildman–Crippen MR) is 98.3 cm³/mol. The second-order valence-electron chi connectivity index (χ2n) is 6.08. The summed E-state index contributed by atoms with van der Waals surface area (Å²) in [6.07, 6.45) is 8.05. The molecule has 3 rings (SSSR count). The van der Waals surface area contributed by atoms with Crippen LogP contribution in [-0.4, -0.2) is 35.6 Å². The number of rotatable bonds is 5. The van der Waals surface area contributed by atoms with Crippen molar-refractivity contribution in [1.82, 2.24) is 9.97 Å². The van der Waals surface area contributed by atoms with Crippen molar-refractivity contribution in [2.24, 2.45) is 0 Å². The van der Waals surface area contributed by atoms with E-state index in [1.165, 1.54) is 25.7 Å². The molecule has 0 radical (unpaired) electrons. The van der Waals surface area contributed by atoms with Gasteiger partial charge in [0.2, 0.25) is 5.95 Å². The standard InChI is InChI=1S/C19H24N4O2/c1-2-25-17-9-7-16(8-10-17)22-18(24)15-13-20-19(21-14-15)23-11-5-3-4-6-12-23/h7-10,13-14H,2-6,11-12H2,1H3,(H,22,24). The lowest BCUT2D eigenvalue weighted by molar-refractivity contribution is 0.102. The summed E-state index contributed by atoms with van der Waals surface area (Å²) in [5.41, 5.74) is 1.16. The van der Waals surface area contributed by atoms with Gasteiger partial charge in [-0.1, -0.05) is 12.8 Å². The molecule has 0 atom stereocenters. The first-order chi connectivity index (χ1) is 12.3. The number of hydrogen-bond donors (Lipinski definition) is 1. The molecule has 6 nitrogen and oxygen atoms in total. The zero-order valence-electron chi connectivity index (χ0n) is 14.6. The van der Waals surface area contributed by atoms with Crippen LogP contribution in [0.4, 0.5) is 11.6 Å². The van der Waals surface area contributed by atoms with Crippen LogP contribution in [0.2, 0.25) is 0 Å². The Bertz CT molecular complexity index is 678. The van der Waals surface area contributed by atoms with E-state index in [9.17, 15) is 4.79 Å². The van der Waals surface area contributed by atoms with Gasteiger partial charge in [-0.25, -0.2) is 9.97 Å². The first-order valence-corrected chi connectivity index (χ1v) is 8.87. The lowest BCUT2D eigenvalue weighted by Gasteiger charge is -2.19. The van der Waals surface area contributed by atoms with Crippen LogP contribution < -0.4 is 15.0 Å². The zero-order chi connectivity index (χ0) is 17.5. The second-order valence-corrected chi connectivity index (χ2v) is 6.08. The van der Waals surface area contributed by atoms with Gasteiger partial charge in [-0.05, 0) is 44.0 Å². The maximum Gasteiger partial charge on any atom is 0.258 e. The van der Waals surface area contributed by atoms with Gasteiger partial charge in [-0.3, -0.25) is 4.79 Å². The maximum atomic E-state index is 12.3. The highest BCUT2D eigenvalue weighted by Crippen LogP contribution is 2.17. The fourth-order valence-electron chi connectivity index (χ4n) is 2.88. The van der Waals surface area contributed by atoms with Crippen LogP contribution in [0.1, 0.15) is 43.0 Å². The van der Waals surface area contributed by atoms with Gasteiger partial charge in [-0.15, -0.1) is 0 Å². The van der Waals surface area contributed by atoms with Crippen molar-refractivity contribution < 1.29 is 9.53 Å². The molecule has 0 bridgehead atoms. The van der Waals surface area contributed by atoms with E-state index < -0.39 is 0 Å². The van der Waals surface area contributed by atoms with Gasteiger partial charge in [0.05, 0.1) is 12.2 Å². The van der Waals surface area contributed by atoms with Crippen molar-refractivity contribution in [3.8, 4) is 5.75 Å². The van der Waals surface area contributed by atoms with Gasteiger partial charge in [0.25, 0.3) is 5.91 Å². The summed E-state index contributed by atoms with van der Waals surface area (Å²) in [6, 6.07) is 7.29. The van der Waals surface area contributed by atoms with E-state index in [0.717, 1.165) is 18.8 Å². The van der Waals surface area contributed by atoms with E-state index in [-0.39, 0.29) is 5.91 Å². The number of benzene rings is 1. The summed E-state index contributed by atoms with van der Waals surface area (Å²) >= 11 is 0. The van der Waals surface area contributed by atoms with Crippen molar-refractivity contribution in [3.63, 3.8) is 0 Å². The summed E-state index contributed by atoms with van der Waals surface area (Å²) in [6.45, 7) is 4.52. The highest BCUT2D eigenvalue weighted by molar-refractivity contribution is 6.03. The number of nitrogens with zero attached hydrogens (tertiary/aromatic N) is 3. The Labute approximate surface area is 148 Å². The van der Waals surface area contributed by atoms with Crippen LogP contribution in [0.25, 0.3) is 0 Å². The summed E-state index contributed by atoms with van der Waals surface area (Å²) in [7, 11) is 0. The number of anilines is 2. The number of hydrogen-bond acceptors (Lipinski definition) is 5. The minimum atomic E-state index is -0.216. The van der Waals surface area contributed by atoms with Crippen LogP contribution >= 0.6 is 0 Å². The number of nitrogens with one attached hydrogen (secondary N) is 1. The minimum absolute atomic E-state index is 0.216. The summed E-state index contributed by atoms with van der Waals surface area (Å²) in [4.78, 5) is 23.3. The number of aromatic nitrogens is 2. The van der Waals surface area contributed by atoms with E-state index in [4.69, 9.17) is 4.74 Å². The summed E-state index contributed by atoms with van der Waals surface area (Å²) < 4.78 is 5.39. The van der Waals surface area contributed by atoms with Crippen LogP contribution in [0.15, 0.2) is 36.7 Å². The Morgan fingerprint density at radius 3 is 2.32 bits per heavy atom. The van der Waals surface area contributed by atoms with Crippen molar-refractivity contribution in [3.05, 3.63) is 42.2 Å². The summed E-state index contributed by atoms with van der Waals surface area (Å²) in [5, 5.41) is 2.85. The molecule has 6 heteroatoms. The normalized spacial score (nSPS) is 14.7. The molecule has 0 unspecified atom stereocenters. The fourth-order valence-corrected chi connectivity index (χ4v) is 2.88. The van der Waals surface area contributed by atoms with E-state index in [0.29, 0.717) is 23.8 Å². The smallest absolute Gasteiger partial charge is 0.258 e. The van der Waals surface area contributed by atoms with Crippen molar-refractivity contribution in [2.75, 3.05) is 29.9 Å². The quantitative estimate of drug-likeness (QED) is 0.902. The molecule has 0 spiro atoms. The minimum Gasteiger partial charge on any atom is -0.494 e. The van der Waals surface area contributed by atoms with Gasteiger partial charge >= 0.3 is 0 Å². The van der Waals surface area contributed by atoms with Gasteiger partial charge < -0.3 is 15.0 Å². The average molecular weight is 340 g/mol. The molecule has 0 saturated carbocycles. The SMILES string of the molecule is CCOc1ccc(NC(=O)c2cnc(N3CCCCCC3)nc2)cc1. The molecule has 25 heavy (non-hydrogen) atoms. The van der Waals surface area contributed by atoms with Crippen molar-refractivity contribution in [2.45, 2.75) is 32.6 Å². The lowest BCUT2D eigenvalue weighted by Crippen LogP contribution is -2.26. The van der Waals surface area contributed by atoms with Crippen LogP contribution in [0.3, 0.4) is 0 Å². The highest BCUT2D eigenvalue weighted by atomic mass is 16.5. The predicted octanol–water partition coefficient (Wildman–Crippen LogP) is 3.51. The topological polar surface area (TPSA) is 67.3 Å². The molecule has 1 fully saturated rings. The highest BCUT2D eigenvalue weighted by Gasteiger charge is 2.14. The lowest BCUT2D eigenvalue weighted by atomic mass is 10.2. The Morgan fingerprint density at radius 2 is 1.72 bits per heavy atom. The van der Waals surface area contributed by atoms with Crippen molar-refractivity contribution >= 4 is 17.5 Å². The van der Waals surface area contributed by atoms with Crippen LogP contribution in [0.5, 0.6) is 5.75 Å². The molecule has 1 N–H and O–H groups in total. The van der Waals surface area contributed by atoms with Crippen LogP contribution in [0, 0.1) is 0 Å². The first-order valence-electron chi connectivity index (χ1n) is 8.87. The third-order valence-electron chi connectivity index (χ3n) is 4.21. The average Bonchev–Trinajstić information content (AvgIpc) is 2.93. The molecule has 1 aliphatic heterocycles. The molecule has 2 heterocycles. The zero-order valence-corrected chi connectivity index (χ0v) is 14.6. The molecular weight excluding hydrogens is 316 g/mol. The first kappa shape index (κ1) is 17.2. The molecular formula is C19H24N4O2. The number of carbonyl (C=O) groups is 1. The molecule has 2 aromatic rings. The molecule has 0 aliphatic carbocycles. The summed E-state index contributed by atoms with van der Waals surface area (Å²) in [5.74, 6) is 1.27. The second kappa shape index (κ2) is 8.46. The van der Waals surface area contributed by atoms with E-state index in [1.54, 1.807) is 12.4 Å².